The van der Waals surface area contributed by atoms with E-state index in [4.69, 9.17) is 4.99 Å². The lowest BCUT2D eigenvalue weighted by molar-refractivity contribution is -0.121. The van der Waals surface area contributed by atoms with Crippen molar-refractivity contribution in [2.24, 2.45) is 10.9 Å². The lowest BCUT2D eigenvalue weighted by Gasteiger charge is -2.34. The molecule has 2 aliphatic rings. The van der Waals surface area contributed by atoms with E-state index in [1.54, 1.807) is 7.05 Å². The normalized spacial score (nSPS) is 22.2. The third-order valence-corrected chi connectivity index (χ3v) is 6.73. The third-order valence-electron chi connectivity index (χ3n) is 5.12. The zero-order valence-corrected chi connectivity index (χ0v) is 16.9. The largest absolute Gasteiger partial charge is 0.359 e. The molecule has 2 aliphatic heterocycles. The molecule has 150 valence electrons. The van der Waals surface area contributed by atoms with Gasteiger partial charge in [0.2, 0.25) is 5.91 Å². The number of carbonyl (C=O) groups is 1. The van der Waals surface area contributed by atoms with Crippen molar-refractivity contribution in [2.75, 3.05) is 64.4 Å². The summed E-state index contributed by atoms with van der Waals surface area (Å²) in [6.45, 7) is 7.38. The molecule has 2 saturated heterocycles. The number of hydrogen-bond acceptors (Lipinski definition) is 5. The summed E-state index contributed by atoms with van der Waals surface area (Å²) < 4.78 is 23.0. The first-order chi connectivity index (χ1) is 12.4. The Morgan fingerprint density at radius 3 is 2.38 bits per heavy atom. The number of piperidine rings is 1. The Hall–Kier alpha value is -1.35. The van der Waals surface area contributed by atoms with Crippen LogP contribution in [0.3, 0.4) is 0 Å². The van der Waals surface area contributed by atoms with Crippen LogP contribution in [0.4, 0.5) is 0 Å². The van der Waals surface area contributed by atoms with Crippen LogP contribution in [0, 0.1) is 5.92 Å². The van der Waals surface area contributed by atoms with Gasteiger partial charge in [0.1, 0.15) is 0 Å². The minimum atomic E-state index is -2.83. The molecule has 8 nitrogen and oxygen atoms in total. The smallest absolute Gasteiger partial charge is 0.220 e. The molecule has 0 aromatic heterocycles. The predicted octanol–water partition coefficient (Wildman–Crippen LogP) is -0.470. The first-order valence-electron chi connectivity index (χ1n) is 9.60. The number of aliphatic imine (C=N–C) groups is 1. The van der Waals surface area contributed by atoms with Crippen LogP contribution in [0.2, 0.25) is 0 Å². The minimum absolute atomic E-state index is 0.118. The van der Waals surface area contributed by atoms with Gasteiger partial charge in [-0.25, -0.2) is 8.42 Å². The van der Waals surface area contributed by atoms with E-state index in [1.807, 2.05) is 0 Å². The number of nitrogens with zero attached hydrogens (tertiary/aromatic N) is 3. The van der Waals surface area contributed by atoms with Gasteiger partial charge in [-0.2, -0.15) is 0 Å². The van der Waals surface area contributed by atoms with Crippen molar-refractivity contribution in [3.05, 3.63) is 0 Å². The van der Waals surface area contributed by atoms with E-state index in [0.717, 1.165) is 45.0 Å². The lowest BCUT2D eigenvalue weighted by atomic mass is 9.93. The van der Waals surface area contributed by atoms with Crippen molar-refractivity contribution >= 4 is 21.7 Å². The summed E-state index contributed by atoms with van der Waals surface area (Å²) in [6, 6.07) is 0. The van der Waals surface area contributed by atoms with Crippen LogP contribution in [0.1, 0.15) is 26.2 Å². The van der Waals surface area contributed by atoms with Gasteiger partial charge in [0, 0.05) is 52.7 Å². The number of guanidine groups is 1. The van der Waals surface area contributed by atoms with Crippen molar-refractivity contribution in [2.45, 2.75) is 26.2 Å². The van der Waals surface area contributed by atoms with Crippen LogP contribution in [0.25, 0.3) is 0 Å². The zero-order chi connectivity index (χ0) is 19.0. The fourth-order valence-electron chi connectivity index (χ4n) is 3.41. The van der Waals surface area contributed by atoms with Crippen LogP contribution in [0.5, 0.6) is 0 Å². The summed E-state index contributed by atoms with van der Waals surface area (Å²) in [4.78, 5) is 20.7. The Morgan fingerprint density at radius 1 is 1.15 bits per heavy atom. The number of nitrogens with one attached hydrogen (secondary N) is 2. The first-order valence-corrected chi connectivity index (χ1v) is 11.4. The predicted molar refractivity (Wildman–Crippen MR) is 104 cm³/mol. The number of sulfone groups is 1. The van der Waals surface area contributed by atoms with E-state index in [2.05, 4.69) is 27.4 Å². The second-order valence-corrected chi connectivity index (χ2v) is 9.34. The quantitative estimate of drug-likeness (QED) is 0.473. The molecule has 0 saturated carbocycles. The molecule has 2 N–H and O–H groups in total. The summed E-state index contributed by atoms with van der Waals surface area (Å²) in [5.41, 5.74) is 0. The van der Waals surface area contributed by atoms with Gasteiger partial charge in [-0.05, 0) is 25.7 Å². The van der Waals surface area contributed by atoms with E-state index >= 15 is 0 Å². The van der Waals surface area contributed by atoms with Crippen molar-refractivity contribution in [1.82, 2.24) is 20.4 Å². The molecule has 2 heterocycles. The molecular weight excluding hydrogens is 354 g/mol. The summed E-state index contributed by atoms with van der Waals surface area (Å²) in [7, 11) is -1.14. The van der Waals surface area contributed by atoms with Crippen LogP contribution in [0.15, 0.2) is 4.99 Å². The second-order valence-electron chi connectivity index (χ2n) is 7.04. The van der Waals surface area contributed by atoms with Crippen LogP contribution in [-0.4, -0.2) is 94.5 Å². The fraction of sp³-hybridized carbons (Fsp3) is 0.882. The molecular formula is C17H33N5O3S. The van der Waals surface area contributed by atoms with E-state index in [1.165, 1.54) is 0 Å². The van der Waals surface area contributed by atoms with E-state index in [-0.39, 0.29) is 17.4 Å². The first kappa shape index (κ1) is 21.0. The van der Waals surface area contributed by atoms with Crippen molar-refractivity contribution < 1.29 is 13.2 Å². The summed E-state index contributed by atoms with van der Waals surface area (Å²) >= 11 is 0. The summed E-state index contributed by atoms with van der Waals surface area (Å²) in [5, 5.41) is 6.05. The zero-order valence-electron chi connectivity index (χ0n) is 16.0. The highest BCUT2D eigenvalue weighted by molar-refractivity contribution is 7.91. The van der Waals surface area contributed by atoms with Crippen molar-refractivity contribution in [3.63, 3.8) is 0 Å². The van der Waals surface area contributed by atoms with Gasteiger partial charge in [0.05, 0.1) is 18.1 Å². The highest BCUT2D eigenvalue weighted by Gasteiger charge is 2.24. The number of carbonyl (C=O) groups excluding carboxylic acids is 1. The second kappa shape index (κ2) is 10.1. The Bertz CT molecular complexity index is 571. The molecule has 2 rings (SSSR count). The Kier molecular flexibility index (Phi) is 8.15. The molecule has 0 unspecified atom stereocenters. The number of rotatable bonds is 6. The Morgan fingerprint density at radius 2 is 1.81 bits per heavy atom. The van der Waals surface area contributed by atoms with Crippen LogP contribution in [-0.2, 0) is 14.6 Å². The number of likely N-dealkylation sites (tertiary alicyclic amines) is 1. The average molecular weight is 388 g/mol. The maximum absolute atomic E-state index is 11.5. The van der Waals surface area contributed by atoms with E-state index in [0.29, 0.717) is 32.0 Å². The molecule has 0 bridgehead atoms. The lowest BCUT2D eigenvalue weighted by Crippen LogP contribution is -2.46. The molecule has 0 spiro atoms. The van der Waals surface area contributed by atoms with Gasteiger partial charge in [0.15, 0.2) is 15.8 Å². The van der Waals surface area contributed by atoms with Crippen LogP contribution >= 0.6 is 0 Å². The van der Waals surface area contributed by atoms with Gasteiger partial charge in [-0.1, -0.05) is 0 Å². The minimum Gasteiger partial charge on any atom is -0.359 e. The van der Waals surface area contributed by atoms with Crippen LogP contribution < -0.4 is 10.6 Å². The molecule has 0 atom stereocenters. The average Bonchev–Trinajstić information content (AvgIpc) is 2.63. The molecule has 0 aromatic rings. The molecule has 2 fully saturated rings. The molecule has 1 amide bonds. The molecule has 0 radical (unpaired) electrons. The molecule has 9 heteroatoms. The molecule has 0 aliphatic carbocycles. The number of amides is 1. The summed E-state index contributed by atoms with van der Waals surface area (Å²) in [5.74, 6) is 2.01. The highest BCUT2D eigenvalue weighted by atomic mass is 32.2. The fourth-order valence-corrected chi connectivity index (χ4v) is 4.69. The SMILES string of the molecule is CCNC(=NCCN1CCS(=O)(=O)CC1)N1CCC(CC(=O)NC)CC1. The Labute approximate surface area is 157 Å². The monoisotopic (exact) mass is 387 g/mol. The van der Waals surface area contributed by atoms with Gasteiger partial charge in [0.25, 0.3) is 0 Å². The summed E-state index contributed by atoms with van der Waals surface area (Å²) in [6.07, 6.45) is 2.61. The third kappa shape index (κ3) is 6.75. The van der Waals surface area contributed by atoms with Crippen molar-refractivity contribution in [1.29, 1.82) is 0 Å². The van der Waals surface area contributed by atoms with Gasteiger partial charge in [-0.3, -0.25) is 14.7 Å². The van der Waals surface area contributed by atoms with Gasteiger partial charge in [-0.15, -0.1) is 0 Å². The van der Waals surface area contributed by atoms with Gasteiger partial charge >= 0.3 is 0 Å². The van der Waals surface area contributed by atoms with Crippen molar-refractivity contribution in [3.8, 4) is 0 Å². The van der Waals surface area contributed by atoms with E-state index in [9.17, 15) is 13.2 Å². The van der Waals surface area contributed by atoms with E-state index < -0.39 is 9.84 Å². The highest BCUT2D eigenvalue weighted by Crippen LogP contribution is 2.20. The standard InChI is InChI=1S/C17H33N5O3S/c1-3-19-17(20-6-9-21-10-12-26(24,25)13-11-21)22-7-4-15(5-8-22)14-16(23)18-2/h15H,3-14H2,1-2H3,(H,18,23)(H,19,20). The maximum atomic E-state index is 11.5. The Balaban J connectivity index is 1.79. The topological polar surface area (TPSA) is 94.1 Å². The molecule has 26 heavy (non-hydrogen) atoms. The maximum Gasteiger partial charge on any atom is 0.220 e. The number of hydrogen-bond donors (Lipinski definition) is 2. The van der Waals surface area contributed by atoms with Gasteiger partial charge < -0.3 is 15.5 Å². The molecule has 0 aromatic carbocycles.